The first kappa shape index (κ1) is 12.8. The highest BCUT2D eigenvalue weighted by molar-refractivity contribution is 5.84. The molecule has 0 amide bonds. The van der Waals surface area contributed by atoms with E-state index in [9.17, 15) is 10.1 Å². The molecule has 0 radical (unpaired) electrons. The summed E-state index contributed by atoms with van der Waals surface area (Å²) in [7, 11) is 0. The Morgan fingerprint density at radius 3 is 2.82 bits per heavy atom. The van der Waals surface area contributed by atoms with E-state index in [1.807, 2.05) is 0 Å². The zero-order valence-electron chi connectivity index (χ0n) is 9.45. The van der Waals surface area contributed by atoms with Gasteiger partial charge in [-0.05, 0) is 19.9 Å². The summed E-state index contributed by atoms with van der Waals surface area (Å²) in [4.78, 5) is 10.2. The summed E-state index contributed by atoms with van der Waals surface area (Å²) in [5, 5.41) is 22.0. The van der Waals surface area contributed by atoms with E-state index >= 15 is 0 Å². The third-order valence-corrected chi connectivity index (χ3v) is 2.29. The SMILES string of the molecule is Cc1c(OC(C)C(N)=NO)cccc1[N+](=O)[O-]. The molecule has 0 aliphatic rings. The molecule has 0 saturated carbocycles. The smallest absolute Gasteiger partial charge is 0.276 e. The summed E-state index contributed by atoms with van der Waals surface area (Å²) in [6.07, 6.45) is -0.666. The molecule has 0 heterocycles. The minimum atomic E-state index is -0.666. The van der Waals surface area contributed by atoms with Crippen molar-refractivity contribution in [1.82, 2.24) is 0 Å². The molecule has 1 atom stereocenters. The molecule has 92 valence electrons. The predicted octanol–water partition coefficient (Wildman–Crippen LogP) is 1.42. The van der Waals surface area contributed by atoms with Crippen LogP contribution in [0.1, 0.15) is 12.5 Å². The normalized spacial score (nSPS) is 13.2. The van der Waals surface area contributed by atoms with Gasteiger partial charge in [0.1, 0.15) is 5.75 Å². The van der Waals surface area contributed by atoms with Crippen LogP contribution in [-0.4, -0.2) is 22.1 Å². The molecule has 7 heteroatoms. The van der Waals surface area contributed by atoms with Gasteiger partial charge in [-0.1, -0.05) is 11.2 Å². The second kappa shape index (κ2) is 5.15. The number of rotatable bonds is 4. The Bertz CT molecular complexity index is 459. The molecule has 0 aromatic heterocycles. The zero-order valence-corrected chi connectivity index (χ0v) is 9.45. The number of oxime groups is 1. The van der Waals surface area contributed by atoms with Crippen molar-refractivity contribution in [2.75, 3.05) is 0 Å². The number of amidine groups is 1. The first-order chi connectivity index (χ1) is 7.97. The third kappa shape index (κ3) is 2.83. The number of ether oxygens (including phenoxy) is 1. The quantitative estimate of drug-likeness (QED) is 0.271. The average molecular weight is 239 g/mol. The van der Waals surface area contributed by atoms with Gasteiger partial charge in [0, 0.05) is 6.07 Å². The van der Waals surface area contributed by atoms with Gasteiger partial charge < -0.3 is 15.7 Å². The third-order valence-electron chi connectivity index (χ3n) is 2.29. The predicted molar refractivity (Wildman–Crippen MR) is 61.3 cm³/mol. The highest BCUT2D eigenvalue weighted by Gasteiger charge is 2.17. The van der Waals surface area contributed by atoms with E-state index in [-0.39, 0.29) is 11.5 Å². The summed E-state index contributed by atoms with van der Waals surface area (Å²) in [5.41, 5.74) is 5.72. The van der Waals surface area contributed by atoms with Crippen molar-refractivity contribution in [3.05, 3.63) is 33.9 Å². The van der Waals surface area contributed by atoms with Crippen molar-refractivity contribution in [3.8, 4) is 5.75 Å². The number of nitro benzene ring substituents is 1. The molecule has 1 unspecified atom stereocenters. The fourth-order valence-electron chi connectivity index (χ4n) is 1.26. The van der Waals surface area contributed by atoms with Crippen LogP contribution in [0.2, 0.25) is 0 Å². The summed E-state index contributed by atoms with van der Waals surface area (Å²) < 4.78 is 5.37. The maximum Gasteiger partial charge on any atom is 0.276 e. The maximum atomic E-state index is 10.7. The Kier molecular flexibility index (Phi) is 3.86. The molecule has 0 aliphatic heterocycles. The van der Waals surface area contributed by atoms with Crippen molar-refractivity contribution < 1.29 is 14.9 Å². The van der Waals surface area contributed by atoms with Crippen LogP contribution < -0.4 is 10.5 Å². The highest BCUT2D eigenvalue weighted by Crippen LogP contribution is 2.27. The molecule has 0 saturated heterocycles. The second-order valence-corrected chi connectivity index (χ2v) is 3.44. The number of nitrogens with two attached hydrogens (primary N) is 1. The number of hydrogen-bond acceptors (Lipinski definition) is 5. The van der Waals surface area contributed by atoms with Crippen LogP contribution in [0, 0.1) is 17.0 Å². The van der Waals surface area contributed by atoms with Crippen LogP contribution in [0.25, 0.3) is 0 Å². The second-order valence-electron chi connectivity index (χ2n) is 3.44. The molecule has 17 heavy (non-hydrogen) atoms. The van der Waals surface area contributed by atoms with Gasteiger partial charge in [-0.25, -0.2) is 0 Å². The van der Waals surface area contributed by atoms with Crippen LogP contribution in [0.5, 0.6) is 5.75 Å². The lowest BCUT2D eigenvalue weighted by Gasteiger charge is -2.14. The number of nitro groups is 1. The van der Waals surface area contributed by atoms with E-state index in [0.29, 0.717) is 11.3 Å². The van der Waals surface area contributed by atoms with E-state index in [1.165, 1.54) is 12.1 Å². The van der Waals surface area contributed by atoms with Crippen LogP contribution in [-0.2, 0) is 0 Å². The largest absolute Gasteiger partial charge is 0.482 e. The van der Waals surface area contributed by atoms with Crippen molar-refractivity contribution in [3.63, 3.8) is 0 Å². The Balaban J connectivity index is 3.00. The molecule has 7 nitrogen and oxygen atoms in total. The summed E-state index contributed by atoms with van der Waals surface area (Å²) >= 11 is 0. The molecule has 1 aromatic carbocycles. The first-order valence-electron chi connectivity index (χ1n) is 4.85. The van der Waals surface area contributed by atoms with Crippen LogP contribution in [0.3, 0.4) is 0 Å². The molecule has 0 aliphatic carbocycles. The average Bonchev–Trinajstić information content (AvgIpc) is 2.30. The van der Waals surface area contributed by atoms with Gasteiger partial charge >= 0.3 is 0 Å². The Morgan fingerprint density at radius 2 is 2.29 bits per heavy atom. The van der Waals surface area contributed by atoms with Gasteiger partial charge in [-0.2, -0.15) is 0 Å². The van der Waals surface area contributed by atoms with E-state index in [1.54, 1.807) is 19.9 Å². The van der Waals surface area contributed by atoms with E-state index in [4.69, 9.17) is 15.7 Å². The van der Waals surface area contributed by atoms with Crippen molar-refractivity contribution in [2.45, 2.75) is 20.0 Å². The lowest BCUT2D eigenvalue weighted by atomic mass is 10.2. The fourth-order valence-corrected chi connectivity index (χ4v) is 1.26. The summed E-state index contributed by atoms with van der Waals surface area (Å²) in [6.45, 7) is 3.15. The van der Waals surface area contributed by atoms with Gasteiger partial charge in [-0.15, -0.1) is 0 Å². The molecular weight excluding hydrogens is 226 g/mol. The number of benzene rings is 1. The topological polar surface area (TPSA) is 111 Å². The Hall–Kier alpha value is -2.31. The van der Waals surface area contributed by atoms with Crippen LogP contribution >= 0.6 is 0 Å². The van der Waals surface area contributed by atoms with Gasteiger partial charge in [0.2, 0.25) is 0 Å². The maximum absolute atomic E-state index is 10.7. The van der Waals surface area contributed by atoms with E-state index in [0.717, 1.165) is 0 Å². The molecular formula is C10H13N3O4. The Labute approximate surface area is 97.6 Å². The monoisotopic (exact) mass is 239 g/mol. The lowest BCUT2D eigenvalue weighted by Crippen LogP contribution is -2.31. The van der Waals surface area contributed by atoms with Crippen LogP contribution in [0.4, 0.5) is 5.69 Å². The standard InChI is InChI=1S/C10H13N3O4/c1-6-8(13(15)16)4-3-5-9(6)17-7(2)10(11)12-14/h3-5,7,14H,1-2H3,(H2,11,12). The first-order valence-corrected chi connectivity index (χ1v) is 4.85. The van der Waals surface area contributed by atoms with Gasteiger partial charge in [-0.3, -0.25) is 10.1 Å². The molecule has 0 bridgehead atoms. The number of hydrogen-bond donors (Lipinski definition) is 2. The zero-order chi connectivity index (χ0) is 13.0. The van der Waals surface area contributed by atoms with Gasteiger partial charge in [0.05, 0.1) is 10.5 Å². The molecule has 3 N–H and O–H groups in total. The summed E-state index contributed by atoms with van der Waals surface area (Å²) in [5.74, 6) is 0.231. The molecule has 1 rings (SSSR count). The van der Waals surface area contributed by atoms with E-state index in [2.05, 4.69) is 5.16 Å². The summed E-state index contributed by atoms with van der Waals surface area (Å²) in [6, 6.07) is 4.49. The van der Waals surface area contributed by atoms with Crippen molar-refractivity contribution in [2.24, 2.45) is 10.9 Å². The van der Waals surface area contributed by atoms with Gasteiger partial charge in [0.15, 0.2) is 11.9 Å². The molecule has 0 fully saturated rings. The highest BCUT2D eigenvalue weighted by atomic mass is 16.6. The van der Waals surface area contributed by atoms with Crippen molar-refractivity contribution >= 4 is 11.5 Å². The molecule has 0 spiro atoms. The van der Waals surface area contributed by atoms with Gasteiger partial charge in [0.25, 0.3) is 5.69 Å². The molecule has 1 aromatic rings. The minimum Gasteiger partial charge on any atom is -0.482 e. The van der Waals surface area contributed by atoms with E-state index < -0.39 is 11.0 Å². The number of nitrogens with zero attached hydrogens (tertiary/aromatic N) is 2. The lowest BCUT2D eigenvalue weighted by molar-refractivity contribution is -0.385. The van der Waals surface area contributed by atoms with Crippen LogP contribution in [0.15, 0.2) is 23.4 Å². The fraction of sp³-hybridized carbons (Fsp3) is 0.300. The minimum absolute atomic E-state index is 0.0331. The van der Waals surface area contributed by atoms with Crippen molar-refractivity contribution in [1.29, 1.82) is 0 Å². The Morgan fingerprint density at radius 1 is 1.65 bits per heavy atom.